The highest BCUT2D eigenvalue weighted by Crippen LogP contribution is 2.24. The maximum atomic E-state index is 12.7. The summed E-state index contributed by atoms with van der Waals surface area (Å²) >= 11 is 0. The molecule has 1 fully saturated rings. The van der Waals surface area contributed by atoms with Crippen LogP contribution in [0.15, 0.2) is 42.5 Å². The smallest absolute Gasteiger partial charge is 0.164 e. The average Bonchev–Trinajstić information content (AvgIpc) is 2.55. The number of benzene rings is 2. The van der Waals surface area contributed by atoms with Crippen molar-refractivity contribution in [3.8, 4) is 0 Å². The SMILES string of the molecule is CC(C)(CC(=O)c1ccc2ccccc2c1)N1CCOCC1. The fourth-order valence-corrected chi connectivity index (χ4v) is 3.14. The molecule has 0 atom stereocenters. The van der Waals surface area contributed by atoms with Crippen LogP contribution in [0.4, 0.5) is 0 Å². The predicted molar refractivity (Wildman–Crippen MR) is 89.4 cm³/mol. The monoisotopic (exact) mass is 297 g/mol. The zero-order valence-electron chi connectivity index (χ0n) is 13.3. The zero-order valence-corrected chi connectivity index (χ0v) is 13.3. The zero-order chi connectivity index (χ0) is 15.6. The van der Waals surface area contributed by atoms with E-state index >= 15 is 0 Å². The third kappa shape index (κ3) is 3.21. The molecule has 0 saturated carbocycles. The van der Waals surface area contributed by atoms with E-state index in [1.807, 2.05) is 30.3 Å². The lowest BCUT2D eigenvalue weighted by Crippen LogP contribution is -2.50. The lowest BCUT2D eigenvalue weighted by molar-refractivity contribution is -0.0110. The molecule has 0 amide bonds. The summed E-state index contributed by atoms with van der Waals surface area (Å²) in [5, 5.41) is 2.30. The molecule has 0 radical (unpaired) electrons. The Bertz CT molecular complexity index is 672. The largest absolute Gasteiger partial charge is 0.379 e. The Morgan fingerprint density at radius 3 is 2.50 bits per heavy atom. The number of hydrogen-bond acceptors (Lipinski definition) is 3. The van der Waals surface area contributed by atoms with Gasteiger partial charge in [0, 0.05) is 30.6 Å². The van der Waals surface area contributed by atoms with E-state index < -0.39 is 0 Å². The Kier molecular flexibility index (Phi) is 4.27. The summed E-state index contributed by atoms with van der Waals surface area (Å²) in [7, 11) is 0. The quantitative estimate of drug-likeness (QED) is 0.809. The van der Waals surface area contributed by atoms with Crippen molar-refractivity contribution >= 4 is 16.6 Å². The van der Waals surface area contributed by atoms with Gasteiger partial charge in [-0.25, -0.2) is 0 Å². The summed E-state index contributed by atoms with van der Waals surface area (Å²) in [6, 6.07) is 14.1. The normalized spacial score (nSPS) is 16.8. The fraction of sp³-hybridized carbons (Fsp3) is 0.421. The van der Waals surface area contributed by atoms with Gasteiger partial charge in [-0.15, -0.1) is 0 Å². The van der Waals surface area contributed by atoms with Gasteiger partial charge < -0.3 is 4.74 Å². The van der Waals surface area contributed by atoms with Crippen LogP contribution in [0.1, 0.15) is 30.6 Å². The number of carbonyl (C=O) groups is 1. The molecule has 0 spiro atoms. The van der Waals surface area contributed by atoms with Crippen LogP contribution in [-0.4, -0.2) is 42.5 Å². The first kappa shape index (κ1) is 15.2. The highest BCUT2D eigenvalue weighted by Gasteiger charge is 2.30. The number of Topliss-reactive ketones (excluding diaryl/α,β-unsaturated/α-hetero) is 1. The Morgan fingerprint density at radius 2 is 1.77 bits per heavy atom. The summed E-state index contributed by atoms with van der Waals surface area (Å²) in [5.74, 6) is 0.210. The van der Waals surface area contributed by atoms with Gasteiger partial charge in [-0.1, -0.05) is 36.4 Å². The van der Waals surface area contributed by atoms with Gasteiger partial charge in [0.15, 0.2) is 5.78 Å². The van der Waals surface area contributed by atoms with E-state index in [0.717, 1.165) is 37.3 Å². The van der Waals surface area contributed by atoms with Gasteiger partial charge in [-0.05, 0) is 30.7 Å². The number of hydrogen-bond donors (Lipinski definition) is 0. The molecule has 22 heavy (non-hydrogen) atoms. The second-order valence-corrected chi connectivity index (χ2v) is 6.57. The first-order valence-electron chi connectivity index (χ1n) is 7.91. The third-order valence-corrected chi connectivity index (χ3v) is 4.53. The Morgan fingerprint density at radius 1 is 1.09 bits per heavy atom. The van der Waals surface area contributed by atoms with Crippen molar-refractivity contribution in [2.45, 2.75) is 25.8 Å². The van der Waals surface area contributed by atoms with Crippen LogP contribution < -0.4 is 0 Å². The van der Waals surface area contributed by atoms with Gasteiger partial charge in [0.2, 0.25) is 0 Å². The van der Waals surface area contributed by atoms with Crippen molar-refractivity contribution in [3.63, 3.8) is 0 Å². The molecule has 3 nitrogen and oxygen atoms in total. The topological polar surface area (TPSA) is 29.5 Å². The van der Waals surface area contributed by atoms with Crippen molar-refractivity contribution < 1.29 is 9.53 Å². The van der Waals surface area contributed by atoms with E-state index in [1.165, 1.54) is 5.39 Å². The number of fused-ring (bicyclic) bond motifs is 1. The van der Waals surface area contributed by atoms with Crippen LogP contribution >= 0.6 is 0 Å². The molecule has 3 rings (SSSR count). The Hall–Kier alpha value is -1.71. The van der Waals surface area contributed by atoms with Crippen molar-refractivity contribution in [2.75, 3.05) is 26.3 Å². The maximum absolute atomic E-state index is 12.7. The Labute approximate surface area is 131 Å². The van der Waals surface area contributed by atoms with E-state index in [2.05, 4.69) is 30.9 Å². The molecule has 1 aliphatic rings. The fourth-order valence-electron chi connectivity index (χ4n) is 3.14. The molecule has 2 aromatic rings. The molecule has 0 N–H and O–H groups in total. The number of nitrogens with zero attached hydrogens (tertiary/aromatic N) is 1. The van der Waals surface area contributed by atoms with Crippen LogP contribution in [0.2, 0.25) is 0 Å². The standard InChI is InChI=1S/C19H23NO2/c1-19(2,20-9-11-22-12-10-20)14-18(21)17-8-7-15-5-3-4-6-16(15)13-17/h3-8,13H,9-12,14H2,1-2H3. The molecular formula is C19H23NO2. The number of morpholine rings is 1. The van der Waals surface area contributed by atoms with Crippen molar-refractivity contribution in [3.05, 3.63) is 48.0 Å². The summed E-state index contributed by atoms with van der Waals surface area (Å²) in [6.45, 7) is 7.62. The lowest BCUT2D eigenvalue weighted by atomic mass is 9.91. The molecule has 116 valence electrons. The van der Waals surface area contributed by atoms with E-state index in [9.17, 15) is 4.79 Å². The highest BCUT2D eigenvalue weighted by atomic mass is 16.5. The highest BCUT2D eigenvalue weighted by molar-refractivity contribution is 6.00. The number of ketones is 1. The molecule has 0 bridgehead atoms. The van der Waals surface area contributed by atoms with Crippen molar-refractivity contribution in [2.24, 2.45) is 0 Å². The van der Waals surface area contributed by atoms with Gasteiger partial charge in [0.25, 0.3) is 0 Å². The Balaban J connectivity index is 1.77. The van der Waals surface area contributed by atoms with Crippen LogP contribution in [0.5, 0.6) is 0 Å². The maximum Gasteiger partial charge on any atom is 0.164 e. The van der Waals surface area contributed by atoms with Gasteiger partial charge >= 0.3 is 0 Å². The number of rotatable bonds is 4. The molecule has 0 aliphatic carbocycles. The predicted octanol–water partition coefficient (Wildman–Crippen LogP) is 3.52. The summed E-state index contributed by atoms with van der Waals surface area (Å²) in [4.78, 5) is 15.0. The molecule has 2 aromatic carbocycles. The average molecular weight is 297 g/mol. The molecule has 0 unspecified atom stereocenters. The molecule has 1 heterocycles. The first-order valence-corrected chi connectivity index (χ1v) is 7.91. The lowest BCUT2D eigenvalue weighted by Gasteiger charge is -2.40. The van der Waals surface area contributed by atoms with Crippen molar-refractivity contribution in [1.29, 1.82) is 0 Å². The second-order valence-electron chi connectivity index (χ2n) is 6.57. The summed E-state index contributed by atoms with van der Waals surface area (Å²) in [6.07, 6.45) is 0.533. The second kappa shape index (κ2) is 6.19. The first-order chi connectivity index (χ1) is 10.6. The molecule has 1 saturated heterocycles. The number of ether oxygens (including phenoxy) is 1. The van der Waals surface area contributed by atoms with Crippen molar-refractivity contribution in [1.82, 2.24) is 4.90 Å². The van der Waals surface area contributed by atoms with Crippen LogP contribution in [0.25, 0.3) is 10.8 Å². The van der Waals surface area contributed by atoms with E-state index in [0.29, 0.717) is 6.42 Å². The number of carbonyl (C=O) groups excluding carboxylic acids is 1. The van der Waals surface area contributed by atoms with Crippen LogP contribution in [0, 0.1) is 0 Å². The summed E-state index contributed by atoms with van der Waals surface area (Å²) < 4.78 is 5.41. The van der Waals surface area contributed by atoms with E-state index in [4.69, 9.17) is 4.74 Å². The van der Waals surface area contributed by atoms with Crippen LogP contribution in [-0.2, 0) is 4.74 Å². The minimum absolute atomic E-state index is 0.132. The third-order valence-electron chi connectivity index (χ3n) is 4.53. The summed E-state index contributed by atoms with van der Waals surface area (Å²) in [5.41, 5.74) is 0.673. The minimum Gasteiger partial charge on any atom is -0.379 e. The van der Waals surface area contributed by atoms with Gasteiger partial charge in [-0.3, -0.25) is 9.69 Å². The van der Waals surface area contributed by atoms with E-state index in [-0.39, 0.29) is 11.3 Å². The molecular weight excluding hydrogens is 274 g/mol. The molecule has 1 aliphatic heterocycles. The van der Waals surface area contributed by atoms with Gasteiger partial charge in [-0.2, -0.15) is 0 Å². The van der Waals surface area contributed by atoms with E-state index in [1.54, 1.807) is 0 Å². The van der Waals surface area contributed by atoms with Gasteiger partial charge in [0.05, 0.1) is 13.2 Å². The van der Waals surface area contributed by atoms with Gasteiger partial charge in [0.1, 0.15) is 0 Å². The minimum atomic E-state index is -0.132. The molecule has 3 heteroatoms. The molecule has 0 aromatic heterocycles. The van der Waals surface area contributed by atoms with Crippen LogP contribution in [0.3, 0.4) is 0 Å².